The summed E-state index contributed by atoms with van der Waals surface area (Å²) in [6, 6.07) is 9.64. The molecule has 2 aliphatic heterocycles. The summed E-state index contributed by atoms with van der Waals surface area (Å²) in [5.74, 6) is 1.46. The minimum absolute atomic E-state index is 0.000827. The number of rotatable bonds is 3. The number of likely N-dealkylation sites (tertiary alicyclic amines) is 1. The molecule has 5 heteroatoms. The van der Waals surface area contributed by atoms with E-state index in [2.05, 4.69) is 16.2 Å². The van der Waals surface area contributed by atoms with Crippen molar-refractivity contribution in [3.05, 3.63) is 54.2 Å². The molecule has 2 aliphatic rings. The van der Waals surface area contributed by atoms with Crippen LogP contribution in [0.15, 0.2) is 58.2 Å². The Bertz CT molecular complexity index is 779. The van der Waals surface area contributed by atoms with E-state index in [0.717, 1.165) is 31.6 Å². The smallest absolute Gasteiger partial charge is 0.259 e. The highest BCUT2D eigenvalue weighted by atomic mass is 16.5. The Morgan fingerprint density at radius 2 is 2.12 bits per heavy atom. The number of hydrogen-bond donors (Lipinski definition) is 0. The predicted molar refractivity (Wildman–Crippen MR) is 91.9 cm³/mol. The molecule has 1 aromatic carbocycles. The average Bonchev–Trinajstić information content (AvgIpc) is 3.32. The minimum Gasteiger partial charge on any atom is -0.355 e. The third-order valence-electron chi connectivity index (χ3n) is 4.82. The maximum absolute atomic E-state index is 12.9. The number of nitrogens with zero attached hydrogens (tertiary/aromatic N) is 3. The standard InChI is InChI=1S/C19H19N3O2/c23-19(17-12-21-24-18(17)14-5-2-1-3-6-14)22-10-8-16(13-22)15-7-4-9-20-11-15/h1-7,9,12,15-16H,8,10-11,13H2/t15?,16-/m1/s1. The molecule has 0 N–H and O–H groups in total. The SMILES string of the molecule is O=C(c1cnoc1-c1ccccc1)N1CC[C@@H](C2C=CC=NC2)C1. The number of allylic oxidation sites excluding steroid dienone is 1. The second kappa shape index (κ2) is 6.43. The van der Waals surface area contributed by atoms with Crippen LogP contribution in [-0.4, -0.2) is 41.8 Å². The quantitative estimate of drug-likeness (QED) is 0.873. The van der Waals surface area contributed by atoms with E-state index in [4.69, 9.17) is 4.52 Å². The van der Waals surface area contributed by atoms with Crippen LogP contribution in [0, 0.1) is 11.8 Å². The van der Waals surface area contributed by atoms with Gasteiger partial charge in [0.05, 0.1) is 6.20 Å². The first kappa shape index (κ1) is 14.9. The van der Waals surface area contributed by atoms with E-state index in [1.165, 1.54) is 6.20 Å². The van der Waals surface area contributed by atoms with Gasteiger partial charge < -0.3 is 9.42 Å². The third kappa shape index (κ3) is 2.77. The number of aliphatic imine (C=N–C) groups is 1. The summed E-state index contributed by atoms with van der Waals surface area (Å²) in [6.45, 7) is 2.37. The van der Waals surface area contributed by atoms with E-state index in [-0.39, 0.29) is 5.91 Å². The Labute approximate surface area is 140 Å². The Balaban J connectivity index is 1.50. The first-order chi connectivity index (χ1) is 11.8. The number of amides is 1. The van der Waals surface area contributed by atoms with Crippen LogP contribution in [0.3, 0.4) is 0 Å². The lowest BCUT2D eigenvalue weighted by Crippen LogP contribution is -2.30. The molecular weight excluding hydrogens is 302 g/mol. The predicted octanol–water partition coefficient (Wildman–Crippen LogP) is 3.06. The number of benzene rings is 1. The number of hydrogen-bond acceptors (Lipinski definition) is 4. The second-order valence-electron chi connectivity index (χ2n) is 6.30. The van der Waals surface area contributed by atoms with Crippen molar-refractivity contribution in [1.29, 1.82) is 0 Å². The Morgan fingerprint density at radius 3 is 2.92 bits per heavy atom. The minimum atomic E-state index is 0.000827. The van der Waals surface area contributed by atoms with Crippen LogP contribution in [0.1, 0.15) is 16.8 Å². The first-order valence-corrected chi connectivity index (χ1v) is 8.29. The number of carbonyl (C=O) groups excluding carboxylic acids is 1. The van der Waals surface area contributed by atoms with E-state index in [9.17, 15) is 4.79 Å². The molecule has 24 heavy (non-hydrogen) atoms. The van der Waals surface area contributed by atoms with Crippen LogP contribution in [0.5, 0.6) is 0 Å². The van der Waals surface area contributed by atoms with E-state index in [1.807, 2.05) is 47.5 Å². The van der Waals surface area contributed by atoms with Gasteiger partial charge in [-0.1, -0.05) is 41.6 Å². The Morgan fingerprint density at radius 1 is 1.25 bits per heavy atom. The molecule has 4 rings (SSSR count). The van der Waals surface area contributed by atoms with Crippen LogP contribution in [0.2, 0.25) is 0 Å². The topological polar surface area (TPSA) is 58.7 Å². The van der Waals surface area contributed by atoms with Gasteiger partial charge in [-0.3, -0.25) is 9.79 Å². The van der Waals surface area contributed by atoms with Gasteiger partial charge in [0.1, 0.15) is 5.56 Å². The number of dihydropyridines is 1. The monoisotopic (exact) mass is 321 g/mol. The van der Waals surface area contributed by atoms with Crippen molar-refractivity contribution >= 4 is 12.1 Å². The fraction of sp³-hybridized carbons (Fsp3) is 0.316. The molecule has 1 saturated heterocycles. The zero-order valence-corrected chi connectivity index (χ0v) is 13.3. The summed E-state index contributed by atoms with van der Waals surface area (Å²) >= 11 is 0. The van der Waals surface area contributed by atoms with Gasteiger partial charge in [0.15, 0.2) is 5.76 Å². The molecule has 1 amide bonds. The molecule has 0 radical (unpaired) electrons. The molecule has 2 aromatic rings. The molecule has 5 nitrogen and oxygen atoms in total. The lowest BCUT2D eigenvalue weighted by Gasteiger charge is -2.21. The lowest BCUT2D eigenvalue weighted by atomic mass is 9.90. The second-order valence-corrected chi connectivity index (χ2v) is 6.30. The molecule has 1 fully saturated rings. The van der Waals surface area contributed by atoms with Crippen molar-refractivity contribution in [2.75, 3.05) is 19.6 Å². The van der Waals surface area contributed by atoms with E-state index in [1.54, 1.807) is 0 Å². The van der Waals surface area contributed by atoms with Crippen molar-refractivity contribution in [2.24, 2.45) is 16.8 Å². The van der Waals surface area contributed by atoms with Crippen LogP contribution < -0.4 is 0 Å². The molecule has 0 saturated carbocycles. The Kier molecular flexibility index (Phi) is 3.99. The van der Waals surface area contributed by atoms with Gasteiger partial charge in [0.25, 0.3) is 5.91 Å². The normalized spacial score (nSPS) is 22.9. The highest BCUT2D eigenvalue weighted by molar-refractivity contribution is 5.99. The van der Waals surface area contributed by atoms with Crippen molar-refractivity contribution in [3.63, 3.8) is 0 Å². The van der Waals surface area contributed by atoms with Crippen molar-refractivity contribution < 1.29 is 9.32 Å². The third-order valence-corrected chi connectivity index (χ3v) is 4.82. The molecule has 0 aliphatic carbocycles. The summed E-state index contributed by atoms with van der Waals surface area (Å²) in [7, 11) is 0. The zero-order chi connectivity index (χ0) is 16.4. The van der Waals surface area contributed by atoms with Crippen LogP contribution in [-0.2, 0) is 0 Å². The molecular formula is C19H19N3O2. The average molecular weight is 321 g/mol. The van der Waals surface area contributed by atoms with Gasteiger partial charge >= 0.3 is 0 Å². The molecule has 2 atom stereocenters. The zero-order valence-electron chi connectivity index (χ0n) is 13.3. The Hall–Kier alpha value is -2.69. The highest BCUT2D eigenvalue weighted by Gasteiger charge is 2.33. The summed E-state index contributed by atoms with van der Waals surface area (Å²) in [6.07, 6.45) is 8.61. The van der Waals surface area contributed by atoms with Gasteiger partial charge in [0.2, 0.25) is 0 Å². The van der Waals surface area contributed by atoms with Gasteiger partial charge in [-0.25, -0.2) is 0 Å². The van der Waals surface area contributed by atoms with Gasteiger partial charge in [-0.15, -0.1) is 0 Å². The van der Waals surface area contributed by atoms with Gasteiger partial charge in [-0.05, 0) is 18.4 Å². The molecule has 1 unspecified atom stereocenters. The molecule has 0 spiro atoms. The van der Waals surface area contributed by atoms with Crippen molar-refractivity contribution in [3.8, 4) is 11.3 Å². The maximum Gasteiger partial charge on any atom is 0.259 e. The maximum atomic E-state index is 12.9. The number of carbonyl (C=O) groups is 1. The first-order valence-electron chi connectivity index (χ1n) is 8.29. The lowest BCUT2D eigenvalue weighted by molar-refractivity contribution is 0.0785. The highest BCUT2D eigenvalue weighted by Crippen LogP contribution is 2.30. The van der Waals surface area contributed by atoms with Crippen molar-refractivity contribution in [2.45, 2.75) is 6.42 Å². The summed E-state index contributed by atoms with van der Waals surface area (Å²) in [5.41, 5.74) is 1.41. The van der Waals surface area contributed by atoms with Crippen molar-refractivity contribution in [1.82, 2.24) is 10.1 Å². The summed E-state index contributed by atoms with van der Waals surface area (Å²) in [5, 5.41) is 3.85. The molecule has 3 heterocycles. The fourth-order valence-electron chi connectivity index (χ4n) is 3.48. The molecule has 0 bridgehead atoms. The van der Waals surface area contributed by atoms with E-state index < -0.39 is 0 Å². The molecule has 122 valence electrons. The van der Waals surface area contributed by atoms with Crippen LogP contribution >= 0.6 is 0 Å². The van der Waals surface area contributed by atoms with Gasteiger partial charge in [-0.2, -0.15) is 0 Å². The molecule has 1 aromatic heterocycles. The fourth-order valence-corrected chi connectivity index (χ4v) is 3.48. The van der Waals surface area contributed by atoms with Crippen LogP contribution in [0.25, 0.3) is 11.3 Å². The summed E-state index contributed by atoms with van der Waals surface area (Å²) < 4.78 is 5.35. The van der Waals surface area contributed by atoms with E-state index in [0.29, 0.717) is 23.2 Å². The summed E-state index contributed by atoms with van der Waals surface area (Å²) in [4.78, 5) is 19.2. The van der Waals surface area contributed by atoms with Crippen LogP contribution in [0.4, 0.5) is 0 Å². The van der Waals surface area contributed by atoms with Gasteiger partial charge in [0, 0.05) is 37.3 Å². The number of aromatic nitrogens is 1. The van der Waals surface area contributed by atoms with E-state index >= 15 is 0 Å². The largest absolute Gasteiger partial charge is 0.355 e.